The molecule has 0 unspecified atom stereocenters. The van der Waals surface area contributed by atoms with E-state index < -0.39 is 0 Å². The monoisotopic (exact) mass is 315 g/mol. The lowest BCUT2D eigenvalue weighted by Gasteiger charge is -2.21. The van der Waals surface area contributed by atoms with E-state index in [0.29, 0.717) is 12.1 Å². The lowest BCUT2D eigenvalue weighted by molar-refractivity contribution is 0.465. The number of fused-ring (bicyclic) bond motifs is 1. The van der Waals surface area contributed by atoms with Gasteiger partial charge >= 0.3 is 0 Å². The van der Waals surface area contributed by atoms with Crippen molar-refractivity contribution >= 4 is 15.9 Å². The van der Waals surface area contributed by atoms with Crippen LogP contribution < -0.4 is 5.32 Å². The molecule has 0 amide bonds. The zero-order valence-corrected chi connectivity index (χ0v) is 12.7. The third kappa shape index (κ3) is 2.75. The Labute approximate surface area is 123 Å². The molecule has 1 aliphatic rings. The Morgan fingerprint density at radius 1 is 1.16 bits per heavy atom. The summed E-state index contributed by atoms with van der Waals surface area (Å²) in [6.45, 7) is 2.24. The van der Waals surface area contributed by atoms with Crippen LogP contribution >= 0.6 is 15.9 Å². The van der Waals surface area contributed by atoms with Crippen LogP contribution in [0.2, 0.25) is 0 Å². The van der Waals surface area contributed by atoms with Gasteiger partial charge in [-0.3, -0.25) is 0 Å². The highest BCUT2D eigenvalue weighted by molar-refractivity contribution is 9.10. The van der Waals surface area contributed by atoms with Crippen molar-refractivity contribution in [1.82, 2.24) is 5.32 Å². The van der Waals surface area contributed by atoms with E-state index in [0.717, 1.165) is 4.47 Å². The van der Waals surface area contributed by atoms with Crippen LogP contribution in [0.25, 0.3) is 0 Å². The maximum Gasteiger partial charge on any atom is 0.0331 e. The van der Waals surface area contributed by atoms with Gasteiger partial charge in [0.1, 0.15) is 0 Å². The predicted octanol–water partition coefficient (Wildman–Crippen LogP) is 4.79. The van der Waals surface area contributed by atoms with Crippen molar-refractivity contribution in [3.63, 3.8) is 0 Å². The molecule has 0 bridgehead atoms. The van der Waals surface area contributed by atoms with Gasteiger partial charge in [-0.15, -0.1) is 0 Å². The number of nitrogens with one attached hydrogen (secondary N) is 1. The molecule has 2 aromatic rings. The molecule has 0 saturated heterocycles. The average Bonchev–Trinajstić information content (AvgIpc) is 2.82. The Morgan fingerprint density at radius 3 is 2.84 bits per heavy atom. The van der Waals surface area contributed by atoms with E-state index in [4.69, 9.17) is 0 Å². The molecule has 1 aliphatic carbocycles. The molecular weight excluding hydrogens is 298 g/mol. The molecule has 0 heterocycles. The summed E-state index contributed by atoms with van der Waals surface area (Å²) in [6, 6.07) is 18.2. The van der Waals surface area contributed by atoms with Gasteiger partial charge in [-0.05, 0) is 48.6 Å². The lowest BCUT2D eigenvalue weighted by Crippen LogP contribution is -2.22. The summed E-state index contributed by atoms with van der Waals surface area (Å²) in [4.78, 5) is 0. The van der Waals surface area contributed by atoms with Gasteiger partial charge in [0.25, 0.3) is 0 Å². The summed E-state index contributed by atoms with van der Waals surface area (Å²) in [5.74, 6) is 0. The summed E-state index contributed by atoms with van der Waals surface area (Å²) in [7, 11) is 0. The van der Waals surface area contributed by atoms with Crippen molar-refractivity contribution in [2.75, 3.05) is 0 Å². The van der Waals surface area contributed by atoms with Gasteiger partial charge in [-0.25, -0.2) is 0 Å². The number of hydrogen-bond donors (Lipinski definition) is 1. The minimum Gasteiger partial charge on any atom is -0.303 e. The Bertz CT molecular complexity index is 579. The zero-order chi connectivity index (χ0) is 13.2. The average molecular weight is 316 g/mol. The van der Waals surface area contributed by atoms with Gasteiger partial charge in [0.15, 0.2) is 0 Å². The van der Waals surface area contributed by atoms with E-state index in [1.807, 2.05) is 0 Å². The summed E-state index contributed by atoms with van der Waals surface area (Å²) in [6.07, 6.45) is 2.40. The van der Waals surface area contributed by atoms with E-state index in [-0.39, 0.29) is 0 Å². The molecule has 1 N–H and O–H groups in total. The highest BCUT2D eigenvalue weighted by Crippen LogP contribution is 2.33. The predicted molar refractivity (Wildman–Crippen MR) is 83.2 cm³/mol. The van der Waals surface area contributed by atoms with E-state index in [1.54, 1.807) is 0 Å². The molecule has 3 rings (SSSR count). The zero-order valence-electron chi connectivity index (χ0n) is 11.1. The third-order valence-corrected chi connectivity index (χ3v) is 4.43. The first-order valence-corrected chi connectivity index (χ1v) is 7.62. The van der Waals surface area contributed by atoms with Crippen molar-refractivity contribution in [2.24, 2.45) is 0 Å². The fourth-order valence-electron chi connectivity index (χ4n) is 2.90. The smallest absolute Gasteiger partial charge is 0.0331 e. The van der Waals surface area contributed by atoms with Crippen molar-refractivity contribution in [1.29, 1.82) is 0 Å². The summed E-state index contributed by atoms with van der Waals surface area (Å²) in [5, 5.41) is 3.76. The largest absolute Gasteiger partial charge is 0.303 e. The van der Waals surface area contributed by atoms with E-state index in [9.17, 15) is 0 Å². The Morgan fingerprint density at radius 2 is 2.00 bits per heavy atom. The minimum absolute atomic E-state index is 0.369. The van der Waals surface area contributed by atoms with Gasteiger partial charge in [-0.1, -0.05) is 52.3 Å². The first kappa shape index (κ1) is 12.9. The number of rotatable bonds is 3. The van der Waals surface area contributed by atoms with E-state index in [1.165, 1.54) is 29.5 Å². The van der Waals surface area contributed by atoms with Crippen molar-refractivity contribution < 1.29 is 0 Å². The molecule has 0 fully saturated rings. The molecule has 19 heavy (non-hydrogen) atoms. The second kappa shape index (κ2) is 5.48. The van der Waals surface area contributed by atoms with Crippen LogP contribution in [-0.4, -0.2) is 0 Å². The molecule has 0 saturated carbocycles. The van der Waals surface area contributed by atoms with Crippen LogP contribution in [0, 0.1) is 0 Å². The Kier molecular flexibility index (Phi) is 3.72. The maximum absolute atomic E-state index is 3.76. The summed E-state index contributed by atoms with van der Waals surface area (Å²) in [5.41, 5.74) is 4.31. The summed E-state index contributed by atoms with van der Waals surface area (Å²) >= 11 is 3.54. The Hall–Kier alpha value is -1.12. The highest BCUT2D eigenvalue weighted by atomic mass is 79.9. The standard InChI is InChI=1S/C17H18BrN/c1-12(14-6-4-7-15(18)11-14)19-17-10-9-13-5-2-3-8-16(13)17/h2-8,11-12,17,19H,9-10H2,1H3/t12-,17-/m0/s1. The van der Waals surface area contributed by atoms with Crippen LogP contribution in [0.1, 0.15) is 42.1 Å². The fourth-order valence-corrected chi connectivity index (χ4v) is 3.32. The van der Waals surface area contributed by atoms with Gasteiger partial charge in [0.2, 0.25) is 0 Å². The lowest BCUT2D eigenvalue weighted by atomic mass is 10.0. The maximum atomic E-state index is 3.76. The first-order chi connectivity index (χ1) is 9.24. The molecule has 2 aromatic carbocycles. The van der Waals surface area contributed by atoms with Crippen molar-refractivity contribution in [2.45, 2.75) is 31.8 Å². The minimum atomic E-state index is 0.369. The number of aryl methyl sites for hydroxylation is 1. The number of halogens is 1. The molecule has 2 heteroatoms. The molecule has 0 aliphatic heterocycles. The third-order valence-electron chi connectivity index (χ3n) is 3.93. The molecule has 1 nitrogen and oxygen atoms in total. The highest BCUT2D eigenvalue weighted by Gasteiger charge is 2.23. The van der Waals surface area contributed by atoms with Crippen LogP contribution in [0.15, 0.2) is 53.0 Å². The fraction of sp³-hybridized carbons (Fsp3) is 0.294. The normalized spacial score (nSPS) is 19.2. The van der Waals surface area contributed by atoms with E-state index >= 15 is 0 Å². The second-order valence-corrected chi connectivity index (χ2v) is 6.15. The first-order valence-electron chi connectivity index (χ1n) is 6.83. The van der Waals surface area contributed by atoms with Gasteiger partial charge in [0, 0.05) is 16.6 Å². The van der Waals surface area contributed by atoms with Gasteiger partial charge < -0.3 is 5.32 Å². The Balaban J connectivity index is 1.76. The van der Waals surface area contributed by atoms with Crippen molar-refractivity contribution in [3.8, 4) is 0 Å². The van der Waals surface area contributed by atoms with Gasteiger partial charge in [0.05, 0.1) is 0 Å². The molecule has 2 atom stereocenters. The number of hydrogen-bond acceptors (Lipinski definition) is 1. The van der Waals surface area contributed by atoms with Crippen LogP contribution in [0.3, 0.4) is 0 Å². The molecule has 0 radical (unpaired) electrons. The quantitative estimate of drug-likeness (QED) is 0.859. The van der Waals surface area contributed by atoms with Crippen LogP contribution in [0.4, 0.5) is 0 Å². The van der Waals surface area contributed by atoms with Gasteiger partial charge in [-0.2, -0.15) is 0 Å². The number of benzene rings is 2. The molecule has 0 aromatic heterocycles. The van der Waals surface area contributed by atoms with Crippen LogP contribution in [0.5, 0.6) is 0 Å². The topological polar surface area (TPSA) is 12.0 Å². The SMILES string of the molecule is C[C@H](N[C@H]1CCc2ccccc21)c1cccc(Br)c1. The van der Waals surface area contributed by atoms with Crippen LogP contribution in [-0.2, 0) is 6.42 Å². The second-order valence-electron chi connectivity index (χ2n) is 5.23. The molecular formula is C17H18BrN. The van der Waals surface area contributed by atoms with Crippen molar-refractivity contribution in [3.05, 3.63) is 69.7 Å². The molecule has 0 spiro atoms. The van der Waals surface area contributed by atoms with E-state index in [2.05, 4.69) is 76.7 Å². The summed E-state index contributed by atoms with van der Waals surface area (Å²) < 4.78 is 1.14. The molecule has 98 valence electrons.